The number of fused-ring (bicyclic) bond motifs is 7. The van der Waals surface area contributed by atoms with Crippen molar-refractivity contribution < 1.29 is 0 Å². The second-order valence-electron chi connectivity index (χ2n) is 15.7. The van der Waals surface area contributed by atoms with E-state index in [0.717, 1.165) is 22.7 Å². The fourth-order valence-electron chi connectivity index (χ4n) is 9.48. The van der Waals surface area contributed by atoms with Crippen molar-refractivity contribution in [3.05, 3.63) is 217 Å². The van der Waals surface area contributed by atoms with Crippen LogP contribution in [0.15, 0.2) is 206 Å². The Balaban J connectivity index is 1.09. The first kappa shape index (κ1) is 33.2. The average Bonchev–Trinajstić information content (AvgIpc) is 3.72. The molecule has 2 nitrogen and oxygen atoms in total. The second kappa shape index (κ2) is 13.0. The van der Waals surface area contributed by atoms with E-state index in [-0.39, 0.29) is 5.41 Å². The van der Waals surface area contributed by atoms with E-state index in [0.29, 0.717) is 0 Å². The molecule has 2 heteroatoms. The van der Waals surface area contributed by atoms with Crippen molar-refractivity contribution in [3.8, 4) is 39.1 Å². The molecule has 0 atom stereocenters. The van der Waals surface area contributed by atoms with Crippen molar-refractivity contribution in [1.82, 2.24) is 4.57 Å². The molecule has 0 aliphatic heterocycles. The van der Waals surface area contributed by atoms with Gasteiger partial charge in [0.2, 0.25) is 0 Å². The third-order valence-electron chi connectivity index (χ3n) is 12.2. The maximum Gasteiger partial charge on any atom is 0.0541 e. The van der Waals surface area contributed by atoms with Crippen LogP contribution in [0.1, 0.15) is 25.0 Å². The predicted molar refractivity (Wildman–Crippen MR) is 241 cm³/mol. The Morgan fingerprint density at radius 2 is 0.930 bits per heavy atom. The van der Waals surface area contributed by atoms with Crippen LogP contribution in [0.3, 0.4) is 0 Å². The van der Waals surface area contributed by atoms with Gasteiger partial charge in [0.1, 0.15) is 0 Å². The number of hydrogen-bond acceptors (Lipinski definition) is 1. The lowest BCUT2D eigenvalue weighted by molar-refractivity contribution is 0.660. The van der Waals surface area contributed by atoms with Gasteiger partial charge in [0.05, 0.1) is 11.0 Å². The number of rotatable bonds is 6. The Bertz CT molecular complexity index is 3090. The molecule has 10 aromatic rings. The molecule has 0 saturated carbocycles. The third kappa shape index (κ3) is 5.25. The van der Waals surface area contributed by atoms with E-state index in [2.05, 4.69) is 230 Å². The van der Waals surface area contributed by atoms with Gasteiger partial charge >= 0.3 is 0 Å². The molecule has 0 amide bonds. The lowest BCUT2D eigenvalue weighted by Crippen LogP contribution is -2.16. The van der Waals surface area contributed by atoms with Crippen LogP contribution >= 0.6 is 0 Å². The van der Waals surface area contributed by atoms with E-state index >= 15 is 0 Å². The molecular formula is C55H40N2. The summed E-state index contributed by atoms with van der Waals surface area (Å²) in [5.41, 5.74) is 17.0. The zero-order chi connectivity index (χ0) is 38.1. The Hall–Kier alpha value is -7.16. The monoisotopic (exact) mass is 728 g/mol. The van der Waals surface area contributed by atoms with Gasteiger partial charge in [-0.05, 0) is 110 Å². The molecule has 0 N–H and O–H groups in total. The summed E-state index contributed by atoms with van der Waals surface area (Å²) >= 11 is 0. The van der Waals surface area contributed by atoms with E-state index < -0.39 is 0 Å². The Kier molecular flexibility index (Phi) is 7.55. The van der Waals surface area contributed by atoms with E-state index in [1.807, 2.05) is 0 Å². The van der Waals surface area contributed by atoms with Crippen LogP contribution in [0, 0.1) is 0 Å². The van der Waals surface area contributed by atoms with Gasteiger partial charge in [0, 0.05) is 38.9 Å². The highest BCUT2D eigenvalue weighted by molar-refractivity contribution is 6.09. The number of benzene rings is 9. The number of anilines is 3. The van der Waals surface area contributed by atoms with Crippen LogP contribution in [0.2, 0.25) is 0 Å². The summed E-state index contributed by atoms with van der Waals surface area (Å²) in [5, 5.41) is 5.03. The van der Waals surface area contributed by atoms with Gasteiger partial charge in [-0.1, -0.05) is 166 Å². The number of nitrogens with zero attached hydrogens (tertiary/aromatic N) is 2. The fraction of sp³-hybridized carbons (Fsp3) is 0.0545. The number of aromatic nitrogens is 1. The second-order valence-corrected chi connectivity index (χ2v) is 15.7. The summed E-state index contributed by atoms with van der Waals surface area (Å²) < 4.78 is 2.41. The average molecular weight is 729 g/mol. The van der Waals surface area contributed by atoms with Crippen molar-refractivity contribution in [2.24, 2.45) is 0 Å². The highest BCUT2D eigenvalue weighted by atomic mass is 15.1. The SMILES string of the molecule is CC1(C)c2ccccc2-c2ccc(N(c3ccc(-c4cccc5cccc(-c6ccccc6)c45)cc3)c3cccc(-n4c5ccccc5c5ccccc54)c3)cc21. The molecule has 9 aromatic carbocycles. The molecule has 0 radical (unpaired) electrons. The van der Waals surface area contributed by atoms with E-state index in [1.165, 1.54) is 77.1 Å². The molecule has 1 aliphatic carbocycles. The van der Waals surface area contributed by atoms with Gasteiger partial charge in [0.25, 0.3) is 0 Å². The maximum absolute atomic E-state index is 2.43. The smallest absolute Gasteiger partial charge is 0.0541 e. The lowest BCUT2D eigenvalue weighted by atomic mass is 9.82. The number of hydrogen-bond donors (Lipinski definition) is 0. The maximum atomic E-state index is 2.43. The molecular weight excluding hydrogens is 689 g/mol. The third-order valence-corrected chi connectivity index (χ3v) is 12.2. The highest BCUT2D eigenvalue weighted by Crippen LogP contribution is 2.51. The highest BCUT2D eigenvalue weighted by Gasteiger charge is 2.35. The molecule has 270 valence electrons. The first-order chi connectivity index (χ1) is 28.0. The van der Waals surface area contributed by atoms with Crippen molar-refractivity contribution in [2.75, 3.05) is 4.90 Å². The summed E-state index contributed by atoms with van der Waals surface area (Å²) in [5.74, 6) is 0. The fourth-order valence-corrected chi connectivity index (χ4v) is 9.48. The van der Waals surface area contributed by atoms with Gasteiger partial charge < -0.3 is 9.47 Å². The minimum atomic E-state index is -0.118. The molecule has 1 aliphatic rings. The van der Waals surface area contributed by atoms with Crippen LogP contribution in [0.4, 0.5) is 17.1 Å². The van der Waals surface area contributed by atoms with Gasteiger partial charge in [-0.3, -0.25) is 0 Å². The van der Waals surface area contributed by atoms with Crippen molar-refractivity contribution in [3.63, 3.8) is 0 Å². The van der Waals surface area contributed by atoms with Crippen molar-refractivity contribution >= 4 is 49.6 Å². The molecule has 0 fully saturated rings. The van der Waals surface area contributed by atoms with Crippen LogP contribution in [0.5, 0.6) is 0 Å². The van der Waals surface area contributed by atoms with E-state index in [9.17, 15) is 0 Å². The molecule has 0 saturated heterocycles. The van der Waals surface area contributed by atoms with Crippen LogP contribution < -0.4 is 4.90 Å². The molecule has 1 aromatic heterocycles. The summed E-state index contributed by atoms with van der Waals surface area (Å²) in [6.07, 6.45) is 0. The summed E-state index contributed by atoms with van der Waals surface area (Å²) in [6, 6.07) is 75.6. The lowest BCUT2D eigenvalue weighted by Gasteiger charge is -2.29. The van der Waals surface area contributed by atoms with Crippen LogP contribution in [-0.2, 0) is 5.41 Å². The molecule has 57 heavy (non-hydrogen) atoms. The summed E-state index contributed by atoms with van der Waals surface area (Å²) in [7, 11) is 0. The first-order valence-corrected chi connectivity index (χ1v) is 19.9. The van der Waals surface area contributed by atoms with Crippen LogP contribution in [-0.4, -0.2) is 4.57 Å². The van der Waals surface area contributed by atoms with Gasteiger partial charge in [-0.15, -0.1) is 0 Å². The van der Waals surface area contributed by atoms with Gasteiger partial charge in [-0.2, -0.15) is 0 Å². The largest absolute Gasteiger partial charge is 0.310 e. The zero-order valence-corrected chi connectivity index (χ0v) is 32.0. The topological polar surface area (TPSA) is 8.17 Å². The Morgan fingerprint density at radius 3 is 1.65 bits per heavy atom. The van der Waals surface area contributed by atoms with E-state index in [4.69, 9.17) is 0 Å². The molecule has 0 unspecified atom stereocenters. The Morgan fingerprint density at radius 1 is 0.386 bits per heavy atom. The molecule has 0 bridgehead atoms. The summed E-state index contributed by atoms with van der Waals surface area (Å²) in [6.45, 7) is 4.72. The molecule has 11 rings (SSSR count). The van der Waals surface area contributed by atoms with Crippen molar-refractivity contribution in [1.29, 1.82) is 0 Å². The zero-order valence-electron chi connectivity index (χ0n) is 32.0. The van der Waals surface area contributed by atoms with Crippen LogP contribution in [0.25, 0.3) is 71.6 Å². The van der Waals surface area contributed by atoms with Gasteiger partial charge in [0.15, 0.2) is 0 Å². The minimum absolute atomic E-state index is 0.118. The Labute approximate surface area is 333 Å². The number of para-hydroxylation sites is 2. The first-order valence-electron chi connectivity index (χ1n) is 19.9. The predicted octanol–water partition coefficient (Wildman–Crippen LogP) is 15.0. The van der Waals surface area contributed by atoms with E-state index in [1.54, 1.807) is 0 Å². The summed E-state index contributed by atoms with van der Waals surface area (Å²) in [4.78, 5) is 2.43. The quantitative estimate of drug-likeness (QED) is 0.165. The normalized spacial score (nSPS) is 12.9. The molecule has 0 spiro atoms. The molecule has 1 heterocycles. The van der Waals surface area contributed by atoms with Crippen molar-refractivity contribution in [2.45, 2.75) is 19.3 Å². The van der Waals surface area contributed by atoms with Gasteiger partial charge in [-0.25, -0.2) is 0 Å². The standard InChI is InChI=1S/C55H40N2/c1-55(2)50-26-9-6-21-46(50)47-34-33-43(36-51(47)55)56(41-19-14-20-42(35-41)57-52-27-10-7-22-48(52)49-23-8-11-28-53(49)57)40-31-29-38(30-32-40)45-25-13-18-39-17-12-24-44(54(39)45)37-15-4-3-5-16-37/h3-36H,1-2H3. The minimum Gasteiger partial charge on any atom is -0.310 e.